The minimum Gasteiger partial charge on any atom is -0.411 e. The van der Waals surface area contributed by atoms with Gasteiger partial charge in [0.15, 0.2) is 0 Å². The Kier molecular flexibility index (Phi) is 1.27. The first kappa shape index (κ1) is 4.83. The first-order valence-electron chi connectivity index (χ1n) is 2.01. The number of hydrogen-bond acceptors (Lipinski definition) is 4. The second-order valence-electron chi connectivity index (χ2n) is 1.17. The van der Waals surface area contributed by atoms with Gasteiger partial charge in [-0.1, -0.05) is 10.3 Å². The highest BCUT2D eigenvalue weighted by Gasteiger charge is 1.86. The standard InChI is InChI=1S/C4H4N2O2/c7-5-3-4-1-2-8-6-4/h1-3,7H/b5-3+. The molecule has 0 aliphatic heterocycles. The molecule has 0 aliphatic rings. The van der Waals surface area contributed by atoms with E-state index in [0.29, 0.717) is 5.69 Å². The summed E-state index contributed by atoms with van der Waals surface area (Å²) >= 11 is 0. The van der Waals surface area contributed by atoms with E-state index in [1.165, 1.54) is 12.5 Å². The molecule has 0 unspecified atom stereocenters. The van der Waals surface area contributed by atoms with Gasteiger partial charge in [0.05, 0.1) is 6.21 Å². The van der Waals surface area contributed by atoms with Crippen LogP contribution >= 0.6 is 0 Å². The van der Waals surface area contributed by atoms with Gasteiger partial charge in [-0.15, -0.1) is 0 Å². The molecule has 0 saturated carbocycles. The molecule has 0 saturated heterocycles. The summed E-state index contributed by atoms with van der Waals surface area (Å²) in [6.45, 7) is 0. The van der Waals surface area contributed by atoms with Crippen molar-refractivity contribution in [1.29, 1.82) is 0 Å². The SMILES string of the molecule is O/N=C/c1ccon1. The van der Waals surface area contributed by atoms with Crippen LogP contribution in [0, 0.1) is 0 Å². The van der Waals surface area contributed by atoms with E-state index in [1.807, 2.05) is 0 Å². The van der Waals surface area contributed by atoms with Gasteiger partial charge in [-0.3, -0.25) is 0 Å². The molecule has 0 atom stereocenters. The molecule has 1 rings (SSSR count). The molecule has 0 amide bonds. The molecule has 1 N–H and O–H groups in total. The number of oxime groups is 1. The molecule has 42 valence electrons. The summed E-state index contributed by atoms with van der Waals surface area (Å²) in [4.78, 5) is 0. The molecule has 0 aromatic carbocycles. The van der Waals surface area contributed by atoms with Crippen molar-refractivity contribution in [3.8, 4) is 0 Å². The van der Waals surface area contributed by atoms with Crippen molar-refractivity contribution in [3.05, 3.63) is 18.0 Å². The molecule has 8 heavy (non-hydrogen) atoms. The van der Waals surface area contributed by atoms with Crippen LogP contribution in [0.4, 0.5) is 0 Å². The molecular weight excluding hydrogens is 108 g/mol. The summed E-state index contributed by atoms with van der Waals surface area (Å²) in [5.74, 6) is 0. The van der Waals surface area contributed by atoms with Gasteiger partial charge in [0, 0.05) is 6.07 Å². The Labute approximate surface area is 45.4 Å². The van der Waals surface area contributed by atoms with E-state index in [-0.39, 0.29) is 0 Å². The lowest BCUT2D eigenvalue weighted by Crippen LogP contribution is -1.76. The molecule has 0 fully saturated rings. The molecule has 4 nitrogen and oxygen atoms in total. The van der Waals surface area contributed by atoms with Gasteiger partial charge in [0.1, 0.15) is 12.0 Å². The first-order chi connectivity index (χ1) is 3.93. The van der Waals surface area contributed by atoms with Crippen molar-refractivity contribution in [3.63, 3.8) is 0 Å². The third-order valence-corrected chi connectivity index (χ3v) is 0.648. The Hall–Kier alpha value is -1.32. The van der Waals surface area contributed by atoms with Gasteiger partial charge in [-0.2, -0.15) is 0 Å². The number of rotatable bonds is 1. The van der Waals surface area contributed by atoms with Crippen LogP contribution in [0.25, 0.3) is 0 Å². The third-order valence-electron chi connectivity index (χ3n) is 0.648. The van der Waals surface area contributed by atoms with Crippen molar-refractivity contribution in [1.82, 2.24) is 5.16 Å². The summed E-state index contributed by atoms with van der Waals surface area (Å²) in [7, 11) is 0. The molecule has 0 aliphatic carbocycles. The molecule has 1 aromatic heterocycles. The largest absolute Gasteiger partial charge is 0.411 e. The lowest BCUT2D eigenvalue weighted by molar-refractivity contribution is 0.321. The zero-order valence-corrected chi connectivity index (χ0v) is 3.98. The molecule has 0 radical (unpaired) electrons. The Morgan fingerprint density at radius 1 is 1.88 bits per heavy atom. The molecular formula is C4H4N2O2. The number of nitrogens with zero attached hydrogens (tertiary/aromatic N) is 2. The third kappa shape index (κ3) is 0.841. The van der Waals surface area contributed by atoms with Crippen LogP contribution < -0.4 is 0 Å². The summed E-state index contributed by atoms with van der Waals surface area (Å²) in [5.41, 5.74) is 0.507. The van der Waals surface area contributed by atoms with Gasteiger partial charge in [-0.05, 0) is 0 Å². The fourth-order valence-corrected chi connectivity index (χ4v) is 0.348. The van der Waals surface area contributed by atoms with E-state index in [9.17, 15) is 0 Å². The Morgan fingerprint density at radius 3 is 3.25 bits per heavy atom. The van der Waals surface area contributed by atoms with E-state index in [0.717, 1.165) is 0 Å². The average Bonchev–Trinajstić information content (AvgIpc) is 2.19. The van der Waals surface area contributed by atoms with Crippen LogP contribution in [-0.2, 0) is 0 Å². The van der Waals surface area contributed by atoms with E-state index in [2.05, 4.69) is 14.8 Å². The van der Waals surface area contributed by atoms with Gasteiger partial charge in [0.25, 0.3) is 0 Å². The molecule has 4 heteroatoms. The molecule has 0 bridgehead atoms. The van der Waals surface area contributed by atoms with E-state index < -0.39 is 0 Å². The Bertz CT molecular complexity index is 168. The maximum atomic E-state index is 7.93. The highest BCUT2D eigenvalue weighted by molar-refractivity contribution is 5.75. The smallest absolute Gasteiger partial charge is 0.128 e. The predicted molar refractivity (Wildman–Crippen MR) is 25.9 cm³/mol. The van der Waals surface area contributed by atoms with Crippen molar-refractivity contribution < 1.29 is 9.73 Å². The minimum atomic E-state index is 0.507. The van der Waals surface area contributed by atoms with Gasteiger partial charge in [-0.25, -0.2) is 0 Å². The van der Waals surface area contributed by atoms with Crippen molar-refractivity contribution in [2.45, 2.75) is 0 Å². The topological polar surface area (TPSA) is 58.6 Å². The Morgan fingerprint density at radius 2 is 2.75 bits per heavy atom. The van der Waals surface area contributed by atoms with Gasteiger partial charge in [0.2, 0.25) is 0 Å². The Balaban J connectivity index is 2.77. The maximum Gasteiger partial charge on any atom is 0.128 e. The molecule has 1 heterocycles. The lowest BCUT2D eigenvalue weighted by atomic mass is 10.5. The first-order valence-corrected chi connectivity index (χ1v) is 2.01. The van der Waals surface area contributed by atoms with E-state index in [1.54, 1.807) is 6.07 Å². The van der Waals surface area contributed by atoms with Crippen LogP contribution in [0.15, 0.2) is 22.0 Å². The summed E-state index contributed by atoms with van der Waals surface area (Å²) in [6, 6.07) is 1.58. The zero-order chi connectivity index (χ0) is 5.82. The normalized spacial score (nSPS) is 10.5. The molecule has 0 spiro atoms. The summed E-state index contributed by atoms with van der Waals surface area (Å²) in [5, 5.41) is 14.1. The second-order valence-corrected chi connectivity index (χ2v) is 1.17. The summed E-state index contributed by atoms with van der Waals surface area (Å²) in [6.07, 6.45) is 2.58. The van der Waals surface area contributed by atoms with E-state index in [4.69, 9.17) is 5.21 Å². The van der Waals surface area contributed by atoms with Gasteiger partial charge >= 0.3 is 0 Å². The van der Waals surface area contributed by atoms with Gasteiger partial charge < -0.3 is 9.73 Å². The highest BCUT2D eigenvalue weighted by Crippen LogP contribution is 1.87. The second kappa shape index (κ2) is 2.11. The van der Waals surface area contributed by atoms with Crippen molar-refractivity contribution in [2.24, 2.45) is 5.16 Å². The lowest BCUT2D eigenvalue weighted by Gasteiger charge is -1.70. The maximum absolute atomic E-state index is 7.93. The van der Waals surface area contributed by atoms with Crippen LogP contribution in [0.3, 0.4) is 0 Å². The fourth-order valence-electron chi connectivity index (χ4n) is 0.348. The minimum absolute atomic E-state index is 0.507. The van der Waals surface area contributed by atoms with E-state index >= 15 is 0 Å². The predicted octanol–water partition coefficient (Wildman–Crippen LogP) is 0.483. The number of hydrogen-bond donors (Lipinski definition) is 1. The molecule has 1 aromatic rings. The van der Waals surface area contributed by atoms with Crippen LogP contribution in [0.1, 0.15) is 5.69 Å². The van der Waals surface area contributed by atoms with Crippen molar-refractivity contribution >= 4 is 6.21 Å². The van der Waals surface area contributed by atoms with Crippen LogP contribution in [0.5, 0.6) is 0 Å². The van der Waals surface area contributed by atoms with Crippen LogP contribution in [-0.4, -0.2) is 16.6 Å². The highest BCUT2D eigenvalue weighted by atomic mass is 16.5. The van der Waals surface area contributed by atoms with Crippen molar-refractivity contribution in [2.75, 3.05) is 0 Å². The quantitative estimate of drug-likeness (QED) is 0.326. The summed E-state index contributed by atoms with van der Waals surface area (Å²) < 4.78 is 4.41. The number of aromatic nitrogens is 1. The fraction of sp³-hybridized carbons (Fsp3) is 0. The monoisotopic (exact) mass is 112 g/mol. The van der Waals surface area contributed by atoms with Crippen LogP contribution in [0.2, 0.25) is 0 Å². The average molecular weight is 112 g/mol. The zero-order valence-electron chi connectivity index (χ0n) is 3.98.